The predicted octanol–water partition coefficient (Wildman–Crippen LogP) is 4.38. The highest BCUT2D eigenvalue weighted by Gasteiger charge is 2.15. The van der Waals surface area contributed by atoms with E-state index in [4.69, 9.17) is 0 Å². The standard InChI is InChI=1S/C13H10BrFOS/c1-8-6-10(14)13(17-8)12(16)7-9-4-2-3-5-11(9)15/h2-6H,7H2,1H3. The smallest absolute Gasteiger partial charge is 0.178 e. The number of hydrogen-bond acceptors (Lipinski definition) is 2. The number of carbonyl (C=O) groups is 1. The summed E-state index contributed by atoms with van der Waals surface area (Å²) in [5.41, 5.74) is 0.440. The van der Waals surface area contributed by atoms with Crippen LogP contribution in [0.3, 0.4) is 0 Å². The molecule has 1 nitrogen and oxygen atoms in total. The highest BCUT2D eigenvalue weighted by molar-refractivity contribution is 9.10. The highest BCUT2D eigenvalue weighted by Crippen LogP contribution is 2.28. The second kappa shape index (κ2) is 5.10. The molecular weight excluding hydrogens is 303 g/mol. The van der Waals surface area contributed by atoms with Crippen molar-refractivity contribution in [2.24, 2.45) is 0 Å². The van der Waals surface area contributed by atoms with Crippen molar-refractivity contribution in [3.8, 4) is 0 Å². The van der Waals surface area contributed by atoms with Crippen LogP contribution in [0.15, 0.2) is 34.8 Å². The predicted molar refractivity (Wildman–Crippen MR) is 71.2 cm³/mol. The summed E-state index contributed by atoms with van der Waals surface area (Å²) in [5, 5.41) is 0. The van der Waals surface area contributed by atoms with Gasteiger partial charge in [-0.3, -0.25) is 4.79 Å². The molecule has 0 aliphatic carbocycles. The summed E-state index contributed by atoms with van der Waals surface area (Å²) in [6.45, 7) is 1.94. The second-order valence-corrected chi connectivity index (χ2v) is 5.84. The maximum absolute atomic E-state index is 13.4. The average Bonchev–Trinajstić information content (AvgIpc) is 2.61. The van der Waals surface area contributed by atoms with E-state index in [-0.39, 0.29) is 18.0 Å². The zero-order valence-electron chi connectivity index (χ0n) is 9.17. The van der Waals surface area contributed by atoms with E-state index < -0.39 is 0 Å². The van der Waals surface area contributed by atoms with Crippen LogP contribution in [0.1, 0.15) is 20.1 Å². The molecule has 2 rings (SSSR count). The third-order valence-corrected chi connectivity index (χ3v) is 4.35. The van der Waals surface area contributed by atoms with Crippen molar-refractivity contribution in [3.05, 3.63) is 55.9 Å². The van der Waals surface area contributed by atoms with Gasteiger partial charge < -0.3 is 0 Å². The number of rotatable bonds is 3. The maximum Gasteiger partial charge on any atom is 0.178 e. The molecule has 4 heteroatoms. The van der Waals surface area contributed by atoms with Gasteiger partial charge in [0.15, 0.2) is 5.78 Å². The molecule has 0 N–H and O–H groups in total. The Balaban J connectivity index is 2.23. The third kappa shape index (κ3) is 2.82. The SMILES string of the molecule is Cc1cc(Br)c(C(=O)Cc2ccccc2F)s1. The Hall–Kier alpha value is -1.00. The monoisotopic (exact) mass is 312 g/mol. The molecule has 17 heavy (non-hydrogen) atoms. The van der Waals surface area contributed by atoms with E-state index in [1.165, 1.54) is 17.4 Å². The molecule has 0 radical (unpaired) electrons. The van der Waals surface area contributed by atoms with Crippen LogP contribution in [-0.2, 0) is 6.42 Å². The summed E-state index contributed by atoms with van der Waals surface area (Å²) in [6.07, 6.45) is 0.102. The molecule has 1 heterocycles. The van der Waals surface area contributed by atoms with Crippen LogP contribution >= 0.6 is 27.3 Å². The van der Waals surface area contributed by atoms with Gasteiger partial charge in [-0.15, -0.1) is 11.3 Å². The highest BCUT2D eigenvalue weighted by atomic mass is 79.9. The number of ketones is 1. The molecule has 0 saturated carbocycles. The van der Waals surface area contributed by atoms with Gasteiger partial charge in [-0.1, -0.05) is 18.2 Å². The first-order valence-corrected chi connectivity index (χ1v) is 6.71. The largest absolute Gasteiger partial charge is 0.293 e. The van der Waals surface area contributed by atoms with Crippen LogP contribution in [0.5, 0.6) is 0 Å². The van der Waals surface area contributed by atoms with Gasteiger partial charge in [-0.25, -0.2) is 4.39 Å². The molecule has 2 aromatic rings. The van der Waals surface area contributed by atoms with Gasteiger partial charge >= 0.3 is 0 Å². The van der Waals surface area contributed by atoms with E-state index in [1.807, 2.05) is 13.0 Å². The van der Waals surface area contributed by atoms with Crippen LogP contribution in [0.25, 0.3) is 0 Å². The molecule has 0 aliphatic heterocycles. The molecule has 1 aromatic carbocycles. The van der Waals surface area contributed by atoms with E-state index in [9.17, 15) is 9.18 Å². The number of thiophene rings is 1. The molecule has 0 bridgehead atoms. The first-order chi connectivity index (χ1) is 8.08. The van der Waals surface area contributed by atoms with Crippen molar-refractivity contribution in [2.75, 3.05) is 0 Å². The van der Waals surface area contributed by atoms with Gasteiger partial charge in [0.25, 0.3) is 0 Å². The van der Waals surface area contributed by atoms with E-state index in [2.05, 4.69) is 15.9 Å². The van der Waals surface area contributed by atoms with Crippen molar-refractivity contribution in [3.63, 3.8) is 0 Å². The van der Waals surface area contributed by atoms with Gasteiger partial charge in [0.2, 0.25) is 0 Å². The summed E-state index contributed by atoms with van der Waals surface area (Å²) >= 11 is 4.77. The lowest BCUT2D eigenvalue weighted by atomic mass is 10.1. The van der Waals surface area contributed by atoms with Crippen LogP contribution < -0.4 is 0 Å². The van der Waals surface area contributed by atoms with E-state index in [0.717, 1.165) is 9.35 Å². The minimum Gasteiger partial charge on any atom is -0.293 e. The summed E-state index contributed by atoms with van der Waals surface area (Å²) < 4.78 is 14.2. The van der Waals surface area contributed by atoms with E-state index in [0.29, 0.717) is 10.4 Å². The van der Waals surface area contributed by atoms with Crippen LogP contribution in [0.4, 0.5) is 4.39 Å². The van der Waals surface area contributed by atoms with Gasteiger partial charge in [-0.05, 0) is 40.5 Å². The number of carbonyl (C=O) groups excluding carboxylic acids is 1. The Labute approximate surface area is 111 Å². The maximum atomic E-state index is 13.4. The van der Waals surface area contributed by atoms with Crippen LogP contribution in [-0.4, -0.2) is 5.78 Å². The Morgan fingerprint density at radius 2 is 2.12 bits per heavy atom. The average molecular weight is 313 g/mol. The number of hydrogen-bond donors (Lipinski definition) is 0. The fraction of sp³-hybridized carbons (Fsp3) is 0.154. The molecule has 0 amide bonds. The van der Waals surface area contributed by atoms with Crippen molar-refractivity contribution in [1.82, 2.24) is 0 Å². The lowest BCUT2D eigenvalue weighted by Gasteiger charge is -2.01. The minimum absolute atomic E-state index is 0.0555. The summed E-state index contributed by atoms with van der Waals surface area (Å²) in [4.78, 5) is 13.7. The van der Waals surface area contributed by atoms with Crippen molar-refractivity contribution < 1.29 is 9.18 Å². The first-order valence-electron chi connectivity index (χ1n) is 5.10. The minimum atomic E-state index is -0.328. The molecule has 88 valence electrons. The quantitative estimate of drug-likeness (QED) is 0.768. The summed E-state index contributed by atoms with van der Waals surface area (Å²) in [7, 11) is 0. The van der Waals surface area contributed by atoms with Crippen molar-refractivity contribution >= 4 is 33.0 Å². The first kappa shape index (κ1) is 12.5. The Kier molecular flexibility index (Phi) is 3.74. The van der Waals surface area contributed by atoms with Crippen LogP contribution in [0.2, 0.25) is 0 Å². The number of Topliss-reactive ketones (excluding diaryl/α,β-unsaturated/α-hetero) is 1. The molecule has 1 aromatic heterocycles. The zero-order valence-corrected chi connectivity index (χ0v) is 11.6. The lowest BCUT2D eigenvalue weighted by Crippen LogP contribution is -2.03. The number of aryl methyl sites for hydroxylation is 1. The normalized spacial score (nSPS) is 10.5. The van der Waals surface area contributed by atoms with Crippen molar-refractivity contribution in [1.29, 1.82) is 0 Å². The second-order valence-electron chi connectivity index (χ2n) is 3.73. The molecule has 0 aliphatic rings. The number of halogens is 2. The Morgan fingerprint density at radius 1 is 1.41 bits per heavy atom. The Morgan fingerprint density at radius 3 is 2.71 bits per heavy atom. The molecule has 0 fully saturated rings. The molecular formula is C13H10BrFOS. The fourth-order valence-corrected chi connectivity index (χ4v) is 3.37. The van der Waals surface area contributed by atoms with E-state index >= 15 is 0 Å². The van der Waals surface area contributed by atoms with Crippen LogP contribution in [0, 0.1) is 12.7 Å². The third-order valence-electron chi connectivity index (χ3n) is 2.37. The topological polar surface area (TPSA) is 17.1 Å². The number of benzene rings is 1. The summed E-state index contributed by atoms with van der Waals surface area (Å²) in [5.74, 6) is -0.384. The van der Waals surface area contributed by atoms with E-state index in [1.54, 1.807) is 18.2 Å². The van der Waals surface area contributed by atoms with Crippen molar-refractivity contribution in [2.45, 2.75) is 13.3 Å². The van der Waals surface area contributed by atoms with Gasteiger partial charge in [-0.2, -0.15) is 0 Å². The molecule has 0 unspecified atom stereocenters. The van der Waals surface area contributed by atoms with Gasteiger partial charge in [0.05, 0.1) is 4.88 Å². The fourth-order valence-electron chi connectivity index (χ4n) is 1.57. The lowest BCUT2D eigenvalue weighted by molar-refractivity contribution is 0.0995. The Bertz CT molecular complexity index is 562. The van der Waals surface area contributed by atoms with Gasteiger partial charge in [0.1, 0.15) is 5.82 Å². The molecule has 0 spiro atoms. The molecule has 0 atom stereocenters. The molecule has 0 saturated heterocycles. The summed E-state index contributed by atoms with van der Waals surface area (Å²) in [6, 6.07) is 8.27. The van der Waals surface area contributed by atoms with Gasteiger partial charge in [0, 0.05) is 15.8 Å². The zero-order chi connectivity index (χ0) is 12.4.